The Kier molecular flexibility index (Phi) is 6.55. The molecule has 4 aromatic rings. The summed E-state index contributed by atoms with van der Waals surface area (Å²) in [6, 6.07) is 15.3. The number of hydrogen-bond donors (Lipinski definition) is 3. The molecule has 5 rings (SSSR count). The van der Waals surface area contributed by atoms with Crippen LogP contribution in [0.2, 0.25) is 0 Å². The molecule has 0 unspecified atom stereocenters. The van der Waals surface area contributed by atoms with E-state index in [-0.39, 0.29) is 11.8 Å². The average Bonchev–Trinajstić information content (AvgIpc) is 2.90. The topological polar surface area (TPSA) is 109 Å². The van der Waals surface area contributed by atoms with Gasteiger partial charge in [0.15, 0.2) is 0 Å². The van der Waals surface area contributed by atoms with E-state index in [1.807, 2.05) is 42.5 Å². The van der Waals surface area contributed by atoms with Crippen LogP contribution in [-0.2, 0) is 0 Å². The van der Waals surface area contributed by atoms with E-state index < -0.39 is 0 Å². The number of benzene rings is 2. The first-order valence-electron chi connectivity index (χ1n) is 11.8. The van der Waals surface area contributed by atoms with Gasteiger partial charge in [0, 0.05) is 66.4 Å². The molecule has 0 aliphatic carbocycles. The average molecular weight is 484 g/mol. The highest BCUT2D eigenvalue weighted by Crippen LogP contribution is 2.32. The number of nitrogens with zero attached hydrogens (tertiary/aromatic N) is 4. The molecule has 0 saturated carbocycles. The third-order valence-corrected chi connectivity index (χ3v) is 6.44. The van der Waals surface area contributed by atoms with Gasteiger partial charge >= 0.3 is 0 Å². The highest BCUT2D eigenvalue weighted by Gasteiger charge is 2.20. The smallest absolute Gasteiger partial charge is 0.263 e. The first-order valence-corrected chi connectivity index (χ1v) is 11.8. The Morgan fingerprint density at radius 2 is 1.75 bits per heavy atom. The highest BCUT2D eigenvalue weighted by atomic mass is 16.5. The van der Waals surface area contributed by atoms with Crippen molar-refractivity contribution in [3.63, 3.8) is 0 Å². The summed E-state index contributed by atoms with van der Waals surface area (Å²) < 4.78 is 5.44. The van der Waals surface area contributed by atoms with Gasteiger partial charge in [-0.3, -0.25) is 9.78 Å². The molecule has 0 bridgehead atoms. The number of fused-ring (bicyclic) bond motifs is 1. The number of hydrogen-bond acceptors (Lipinski definition) is 8. The van der Waals surface area contributed by atoms with Crippen LogP contribution < -0.4 is 26.0 Å². The summed E-state index contributed by atoms with van der Waals surface area (Å²) >= 11 is 0. The van der Waals surface area contributed by atoms with Crippen LogP contribution >= 0.6 is 0 Å². The SMILES string of the molecule is COc1nccc(Nc2cncc3c(N)cccc23)c1C(=O)Nc1ccc(N2CCN(C)CC2)cc1. The first kappa shape index (κ1) is 23.4. The van der Waals surface area contributed by atoms with Gasteiger partial charge in [-0.05, 0) is 43.4 Å². The van der Waals surface area contributed by atoms with E-state index in [4.69, 9.17) is 10.5 Å². The Bertz CT molecular complexity index is 1380. The van der Waals surface area contributed by atoms with Gasteiger partial charge in [0.1, 0.15) is 5.56 Å². The van der Waals surface area contributed by atoms with E-state index >= 15 is 0 Å². The van der Waals surface area contributed by atoms with Gasteiger partial charge in [0.05, 0.1) is 24.7 Å². The molecule has 2 aromatic heterocycles. The molecule has 184 valence electrons. The predicted octanol–water partition coefficient (Wildman–Crippen LogP) is 3.97. The minimum absolute atomic E-state index is 0.222. The number of nitrogens with two attached hydrogens (primary N) is 1. The number of anilines is 5. The predicted molar refractivity (Wildman–Crippen MR) is 144 cm³/mol. The molecular formula is C27H29N7O2. The van der Waals surface area contributed by atoms with Gasteiger partial charge < -0.3 is 30.9 Å². The highest BCUT2D eigenvalue weighted by molar-refractivity contribution is 6.11. The standard InChI is InChI=1S/C27H29N7O2/c1-33-12-14-34(15-13-33)19-8-6-18(7-9-19)31-26(35)25-23(10-11-30-27(25)36-2)32-24-17-29-16-21-20(24)4-3-5-22(21)28/h3-11,16-17H,12-15,28H2,1-2H3,(H,30,32)(H,31,35). The van der Waals surface area contributed by atoms with Crippen molar-refractivity contribution in [1.82, 2.24) is 14.9 Å². The number of nitrogens with one attached hydrogen (secondary N) is 2. The summed E-state index contributed by atoms with van der Waals surface area (Å²) in [5.74, 6) is -0.109. The van der Waals surface area contributed by atoms with Crippen LogP contribution in [0.3, 0.4) is 0 Å². The zero-order valence-corrected chi connectivity index (χ0v) is 20.4. The van der Waals surface area contributed by atoms with Crippen molar-refractivity contribution in [3.05, 3.63) is 72.7 Å². The Balaban J connectivity index is 1.40. The molecule has 36 heavy (non-hydrogen) atoms. The molecule has 2 aromatic carbocycles. The van der Waals surface area contributed by atoms with Gasteiger partial charge in [-0.25, -0.2) is 4.98 Å². The molecule has 3 heterocycles. The van der Waals surface area contributed by atoms with Crippen molar-refractivity contribution in [3.8, 4) is 5.88 Å². The molecular weight excluding hydrogens is 454 g/mol. The Hall–Kier alpha value is -4.37. The number of carbonyl (C=O) groups excluding carboxylic acids is 1. The van der Waals surface area contributed by atoms with Crippen molar-refractivity contribution < 1.29 is 9.53 Å². The summed E-state index contributed by atoms with van der Waals surface area (Å²) in [6.07, 6.45) is 5.02. The third kappa shape index (κ3) is 4.73. The lowest BCUT2D eigenvalue weighted by molar-refractivity contribution is 0.102. The van der Waals surface area contributed by atoms with Crippen LogP contribution in [0.15, 0.2) is 67.1 Å². The number of carbonyl (C=O) groups is 1. The summed E-state index contributed by atoms with van der Waals surface area (Å²) in [5, 5.41) is 8.04. The molecule has 9 heteroatoms. The number of pyridine rings is 2. The zero-order chi connectivity index (χ0) is 25.1. The monoisotopic (exact) mass is 483 g/mol. The van der Waals surface area contributed by atoms with Gasteiger partial charge in [0.25, 0.3) is 5.91 Å². The maximum Gasteiger partial charge on any atom is 0.263 e. The molecule has 1 aliphatic heterocycles. The van der Waals surface area contributed by atoms with Crippen molar-refractivity contribution >= 4 is 45.1 Å². The van der Waals surface area contributed by atoms with Gasteiger partial charge in [-0.15, -0.1) is 0 Å². The molecule has 9 nitrogen and oxygen atoms in total. The minimum atomic E-state index is -0.331. The maximum atomic E-state index is 13.4. The number of aromatic nitrogens is 2. The molecule has 1 saturated heterocycles. The van der Waals surface area contributed by atoms with Crippen LogP contribution in [0.1, 0.15) is 10.4 Å². The quantitative estimate of drug-likeness (QED) is 0.354. The van der Waals surface area contributed by atoms with Gasteiger partial charge in [-0.1, -0.05) is 12.1 Å². The molecule has 0 atom stereocenters. The lowest BCUT2D eigenvalue weighted by Gasteiger charge is -2.34. The van der Waals surface area contributed by atoms with Crippen LogP contribution in [-0.4, -0.2) is 61.1 Å². The van der Waals surface area contributed by atoms with Gasteiger partial charge in [0.2, 0.25) is 5.88 Å². The fraction of sp³-hybridized carbons (Fsp3) is 0.222. The van der Waals surface area contributed by atoms with E-state index in [0.717, 1.165) is 48.3 Å². The second-order valence-electron chi connectivity index (χ2n) is 8.79. The Morgan fingerprint density at radius 3 is 2.50 bits per heavy atom. The Morgan fingerprint density at radius 1 is 0.972 bits per heavy atom. The number of methoxy groups -OCH3 is 1. The van der Waals surface area contributed by atoms with E-state index in [2.05, 4.69) is 37.4 Å². The summed E-state index contributed by atoms with van der Waals surface area (Å²) in [7, 11) is 3.63. The van der Waals surface area contributed by atoms with Crippen molar-refractivity contribution in [1.29, 1.82) is 0 Å². The Labute approximate surface area is 209 Å². The fourth-order valence-corrected chi connectivity index (χ4v) is 4.40. The van der Waals surface area contributed by atoms with E-state index in [9.17, 15) is 4.79 Å². The summed E-state index contributed by atoms with van der Waals surface area (Å²) in [6.45, 7) is 4.04. The number of amides is 1. The maximum absolute atomic E-state index is 13.4. The molecule has 0 spiro atoms. The van der Waals surface area contributed by atoms with Crippen LogP contribution in [0.4, 0.5) is 28.4 Å². The van der Waals surface area contributed by atoms with Crippen LogP contribution in [0.25, 0.3) is 10.8 Å². The van der Waals surface area contributed by atoms with E-state index in [0.29, 0.717) is 22.6 Å². The number of nitrogen functional groups attached to an aromatic ring is 1. The van der Waals surface area contributed by atoms with Crippen molar-refractivity contribution in [2.24, 2.45) is 0 Å². The largest absolute Gasteiger partial charge is 0.480 e. The van der Waals surface area contributed by atoms with Crippen LogP contribution in [0, 0.1) is 0 Å². The normalized spacial score (nSPS) is 14.0. The van der Waals surface area contributed by atoms with Crippen molar-refractivity contribution in [2.75, 3.05) is 61.6 Å². The number of piperazine rings is 1. The minimum Gasteiger partial charge on any atom is -0.480 e. The fourth-order valence-electron chi connectivity index (χ4n) is 4.40. The number of ether oxygens (including phenoxy) is 1. The molecule has 1 amide bonds. The number of likely N-dealkylation sites (N-methyl/N-ethyl adjacent to an activating group) is 1. The zero-order valence-electron chi connectivity index (χ0n) is 20.4. The molecule has 0 radical (unpaired) electrons. The van der Waals surface area contributed by atoms with E-state index in [1.165, 1.54) is 7.11 Å². The second kappa shape index (κ2) is 10.1. The second-order valence-corrected chi connectivity index (χ2v) is 8.79. The van der Waals surface area contributed by atoms with Gasteiger partial charge in [-0.2, -0.15) is 0 Å². The molecule has 4 N–H and O–H groups in total. The third-order valence-electron chi connectivity index (χ3n) is 6.44. The van der Waals surface area contributed by atoms with Crippen LogP contribution in [0.5, 0.6) is 5.88 Å². The first-order chi connectivity index (χ1) is 17.5. The van der Waals surface area contributed by atoms with Crippen molar-refractivity contribution in [2.45, 2.75) is 0 Å². The summed E-state index contributed by atoms with van der Waals surface area (Å²) in [4.78, 5) is 26.7. The van der Waals surface area contributed by atoms with E-state index in [1.54, 1.807) is 24.7 Å². The lowest BCUT2D eigenvalue weighted by Crippen LogP contribution is -2.44. The number of rotatable bonds is 6. The molecule has 1 fully saturated rings. The summed E-state index contributed by atoms with van der Waals surface area (Å²) in [5.41, 5.74) is 10.2. The molecule has 1 aliphatic rings. The lowest BCUT2D eigenvalue weighted by atomic mass is 10.1.